The lowest BCUT2D eigenvalue weighted by molar-refractivity contribution is -0.121. The van der Waals surface area contributed by atoms with Crippen LogP contribution in [0.2, 0.25) is 5.22 Å². The van der Waals surface area contributed by atoms with E-state index in [-0.39, 0.29) is 17.0 Å². The molecule has 1 saturated carbocycles. The number of halogens is 1. The Hall–Kier alpha value is -1.49. The van der Waals surface area contributed by atoms with Gasteiger partial charge in [0.2, 0.25) is 11.1 Å². The van der Waals surface area contributed by atoms with E-state index >= 15 is 0 Å². The Labute approximate surface area is 110 Å². The van der Waals surface area contributed by atoms with Gasteiger partial charge in [0.1, 0.15) is 0 Å². The van der Waals surface area contributed by atoms with Crippen LogP contribution in [-0.2, 0) is 4.79 Å². The smallest absolute Gasteiger partial charge is 0.256 e. The normalized spacial score (nSPS) is 14.3. The fraction of sp³-hybridized carbons (Fsp3) is 0.500. The third kappa shape index (κ3) is 3.77. The summed E-state index contributed by atoms with van der Waals surface area (Å²) >= 11 is 5.67. The van der Waals surface area contributed by atoms with Gasteiger partial charge in [-0.05, 0) is 36.9 Å². The Balaban J connectivity index is 1.61. The molecule has 1 aromatic heterocycles. The van der Waals surface area contributed by atoms with Gasteiger partial charge >= 0.3 is 0 Å². The summed E-state index contributed by atoms with van der Waals surface area (Å²) in [5.74, 6) is -0.232. The largest absolute Gasteiger partial charge is 0.452 e. The second kappa shape index (κ2) is 5.91. The summed E-state index contributed by atoms with van der Waals surface area (Å²) in [7, 11) is 0. The molecule has 1 aliphatic rings. The molecule has 2 amide bonds. The van der Waals surface area contributed by atoms with Crippen molar-refractivity contribution in [3.05, 3.63) is 23.1 Å². The maximum absolute atomic E-state index is 11.6. The zero-order valence-electron chi connectivity index (χ0n) is 9.87. The van der Waals surface area contributed by atoms with E-state index in [1.807, 2.05) is 0 Å². The van der Waals surface area contributed by atoms with Crippen LogP contribution in [0.1, 0.15) is 36.0 Å². The predicted molar refractivity (Wildman–Crippen MR) is 66.4 cm³/mol. The van der Waals surface area contributed by atoms with Gasteiger partial charge in [-0.1, -0.05) is 0 Å². The molecule has 5 nitrogen and oxygen atoms in total. The fourth-order valence-corrected chi connectivity index (χ4v) is 1.73. The van der Waals surface area contributed by atoms with E-state index in [4.69, 9.17) is 16.0 Å². The third-order valence-electron chi connectivity index (χ3n) is 2.67. The lowest BCUT2D eigenvalue weighted by Gasteiger charge is -2.04. The predicted octanol–water partition coefficient (Wildman–Crippen LogP) is 1.72. The van der Waals surface area contributed by atoms with E-state index in [1.165, 1.54) is 12.3 Å². The molecule has 1 aromatic rings. The van der Waals surface area contributed by atoms with Crippen LogP contribution in [0.25, 0.3) is 0 Å². The van der Waals surface area contributed by atoms with Crippen LogP contribution < -0.4 is 10.6 Å². The first-order valence-corrected chi connectivity index (χ1v) is 6.35. The van der Waals surface area contributed by atoms with E-state index in [2.05, 4.69) is 10.6 Å². The first-order valence-electron chi connectivity index (χ1n) is 5.97. The maximum atomic E-state index is 11.6. The lowest BCUT2D eigenvalue weighted by Crippen LogP contribution is -2.28. The minimum atomic E-state index is -0.281. The first-order chi connectivity index (χ1) is 8.66. The molecule has 18 heavy (non-hydrogen) atoms. The summed E-state index contributed by atoms with van der Waals surface area (Å²) in [4.78, 5) is 23.0. The highest BCUT2D eigenvalue weighted by atomic mass is 35.5. The Kier molecular flexibility index (Phi) is 4.25. The summed E-state index contributed by atoms with van der Waals surface area (Å²) in [6.07, 6.45) is 4.57. The van der Waals surface area contributed by atoms with Gasteiger partial charge in [-0.3, -0.25) is 9.59 Å². The van der Waals surface area contributed by atoms with E-state index in [0.717, 1.165) is 12.8 Å². The molecular weight excluding hydrogens is 256 g/mol. The monoisotopic (exact) mass is 270 g/mol. The topological polar surface area (TPSA) is 71.3 Å². The number of carbonyl (C=O) groups excluding carboxylic acids is 2. The van der Waals surface area contributed by atoms with Crippen molar-refractivity contribution in [3.8, 4) is 0 Å². The van der Waals surface area contributed by atoms with E-state index in [0.29, 0.717) is 31.0 Å². The van der Waals surface area contributed by atoms with Crippen LogP contribution in [0.15, 0.2) is 16.7 Å². The van der Waals surface area contributed by atoms with Gasteiger partial charge in [0.15, 0.2) is 0 Å². The highest BCUT2D eigenvalue weighted by molar-refractivity contribution is 6.32. The average molecular weight is 271 g/mol. The number of carbonyl (C=O) groups is 2. The van der Waals surface area contributed by atoms with Crippen LogP contribution in [0.3, 0.4) is 0 Å². The molecule has 1 heterocycles. The van der Waals surface area contributed by atoms with Crippen molar-refractivity contribution in [1.82, 2.24) is 10.6 Å². The maximum Gasteiger partial charge on any atom is 0.256 e. The van der Waals surface area contributed by atoms with Crippen molar-refractivity contribution in [2.75, 3.05) is 6.54 Å². The molecule has 98 valence electrons. The molecule has 6 heteroatoms. The Morgan fingerprint density at radius 2 is 2.22 bits per heavy atom. The van der Waals surface area contributed by atoms with Crippen molar-refractivity contribution in [1.29, 1.82) is 0 Å². The average Bonchev–Trinajstić information content (AvgIpc) is 3.04. The molecule has 1 fully saturated rings. The molecule has 2 rings (SSSR count). The summed E-state index contributed by atoms with van der Waals surface area (Å²) in [5.41, 5.74) is 0.319. The minimum Gasteiger partial charge on any atom is -0.452 e. The second-order valence-corrected chi connectivity index (χ2v) is 4.65. The van der Waals surface area contributed by atoms with Crippen LogP contribution in [0.5, 0.6) is 0 Å². The van der Waals surface area contributed by atoms with Gasteiger partial charge in [0, 0.05) is 19.0 Å². The Morgan fingerprint density at radius 3 is 2.83 bits per heavy atom. The minimum absolute atomic E-state index is 0.0492. The van der Waals surface area contributed by atoms with Crippen molar-refractivity contribution in [2.45, 2.75) is 31.7 Å². The van der Waals surface area contributed by atoms with Gasteiger partial charge in [-0.2, -0.15) is 0 Å². The molecule has 0 spiro atoms. The number of rotatable bonds is 6. The molecule has 0 unspecified atom stereocenters. The van der Waals surface area contributed by atoms with Crippen LogP contribution in [0.4, 0.5) is 0 Å². The number of hydrogen-bond donors (Lipinski definition) is 2. The number of nitrogens with one attached hydrogen (secondary N) is 2. The molecular formula is C12H15ClN2O3. The fourth-order valence-electron chi connectivity index (χ4n) is 1.53. The van der Waals surface area contributed by atoms with Gasteiger partial charge < -0.3 is 15.1 Å². The molecule has 0 aromatic carbocycles. The molecule has 1 aliphatic carbocycles. The summed E-state index contributed by atoms with van der Waals surface area (Å²) < 4.78 is 4.82. The quantitative estimate of drug-likeness (QED) is 0.773. The van der Waals surface area contributed by atoms with Gasteiger partial charge in [-0.25, -0.2) is 0 Å². The van der Waals surface area contributed by atoms with Crippen molar-refractivity contribution >= 4 is 23.4 Å². The molecule has 0 atom stereocenters. The summed E-state index contributed by atoms with van der Waals surface area (Å²) in [5, 5.41) is 5.66. The standard InChI is InChI=1S/C12H15ClN2O3/c13-11-9(5-7-18-11)12(17)14-6-1-2-10(16)15-8-3-4-8/h5,7-8H,1-4,6H2,(H,14,17)(H,15,16). The second-order valence-electron chi connectivity index (χ2n) is 4.31. The molecule has 0 radical (unpaired) electrons. The van der Waals surface area contributed by atoms with Crippen LogP contribution in [-0.4, -0.2) is 24.4 Å². The Morgan fingerprint density at radius 1 is 1.44 bits per heavy atom. The van der Waals surface area contributed by atoms with Gasteiger partial charge in [-0.15, -0.1) is 0 Å². The highest BCUT2D eigenvalue weighted by Gasteiger charge is 2.22. The summed E-state index contributed by atoms with van der Waals surface area (Å²) in [6.45, 7) is 0.443. The van der Waals surface area contributed by atoms with E-state index in [9.17, 15) is 9.59 Å². The number of amides is 2. The van der Waals surface area contributed by atoms with E-state index < -0.39 is 0 Å². The zero-order valence-corrected chi connectivity index (χ0v) is 10.6. The first kappa shape index (κ1) is 13.0. The van der Waals surface area contributed by atoms with Crippen molar-refractivity contribution in [2.24, 2.45) is 0 Å². The van der Waals surface area contributed by atoms with Crippen LogP contribution in [0, 0.1) is 0 Å². The van der Waals surface area contributed by atoms with Crippen LogP contribution >= 0.6 is 11.6 Å². The number of furan rings is 1. The Bertz CT molecular complexity index is 440. The third-order valence-corrected chi connectivity index (χ3v) is 2.96. The van der Waals surface area contributed by atoms with Crippen molar-refractivity contribution < 1.29 is 14.0 Å². The van der Waals surface area contributed by atoms with Gasteiger partial charge in [0.05, 0.1) is 11.8 Å². The zero-order chi connectivity index (χ0) is 13.0. The van der Waals surface area contributed by atoms with E-state index in [1.54, 1.807) is 0 Å². The SMILES string of the molecule is O=C(CCCNC(=O)c1ccoc1Cl)NC1CC1. The number of hydrogen-bond acceptors (Lipinski definition) is 3. The molecule has 0 saturated heterocycles. The lowest BCUT2D eigenvalue weighted by atomic mass is 10.2. The van der Waals surface area contributed by atoms with Gasteiger partial charge in [0.25, 0.3) is 5.91 Å². The summed E-state index contributed by atoms with van der Waals surface area (Å²) in [6, 6.07) is 1.90. The molecule has 0 bridgehead atoms. The highest BCUT2D eigenvalue weighted by Crippen LogP contribution is 2.18. The molecule has 0 aliphatic heterocycles. The van der Waals surface area contributed by atoms with Crippen molar-refractivity contribution in [3.63, 3.8) is 0 Å². The molecule has 2 N–H and O–H groups in total.